The lowest BCUT2D eigenvalue weighted by Gasteiger charge is -2.13. The molecule has 0 bridgehead atoms. The van der Waals surface area contributed by atoms with Gasteiger partial charge in [0.1, 0.15) is 11.5 Å². The third-order valence-corrected chi connectivity index (χ3v) is 4.89. The van der Waals surface area contributed by atoms with Crippen molar-refractivity contribution in [2.75, 3.05) is 21.0 Å². The molecule has 0 saturated heterocycles. The van der Waals surface area contributed by atoms with E-state index in [-0.39, 0.29) is 19.0 Å². The average Bonchev–Trinajstić information content (AvgIpc) is 3.23. The maximum atomic E-state index is 12.1. The van der Waals surface area contributed by atoms with Crippen LogP contribution in [0.2, 0.25) is 0 Å². The number of Topliss-reactive ketones (excluding diaryl/α,β-unsaturated/α-hetero) is 1. The molecular weight excluding hydrogens is 402 g/mol. The minimum atomic E-state index is -1.34. The maximum Gasteiger partial charge on any atom is 0.231 e. The predicted molar refractivity (Wildman–Crippen MR) is 112 cm³/mol. The Bertz CT molecular complexity index is 1000. The summed E-state index contributed by atoms with van der Waals surface area (Å²) < 4.78 is 21.6. The second-order valence-corrected chi connectivity index (χ2v) is 7.01. The molecule has 0 aromatic heterocycles. The fraction of sp³-hybridized carbons (Fsp3) is 0.304. The highest BCUT2D eigenvalue weighted by atomic mass is 16.7. The molecule has 0 fully saturated rings. The zero-order valence-electron chi connectivity index (χ0n) is 17.4. The van der Waals surface area contributed by atoms with Gasteiger partial charge >= 0.3 is 0 Å². The van der Waals surface area contributed by atoms with Crippen molar-refractivity contribution in [1.82, 2.24) is 0 Å². The molecule has 0 saturated carbocycles. The largest absolute Gasteiger partial charge is 0.550 e. The van der Waals surface area contributed by atoms with Crippen molar-refractivity contribution < 1.29 is 33.6 Å². The monoisotopic (exact) mass is 426 g/mol. The molecular formula is C23H24NO7-. The molecule has 1 aliphatic heterocycles. The van der Waals surface area contributed by atoms with Crippen molar-refractivity contribution >= 4 is 23.9 Å². The molecule has 3 rings (SSSR count). The van der Waals surface area contributed by atoms with E-state index in [1.807, 2.05) is 42.5 Å². The molecule has 2 N–H and O–H groups in total. The molecule has 1 heterocycles. The van der Waals surface area contributed by atoms with Crippen molar-refractivity contribution in [1.29, 1.82) is 0 Å². The van der Waals surface area contributed by atoms with Crippen LogP contribution in [0, 0.1) is 0 Å². The second kappa shape index (κ2) is 9.99. The van der Waals surface area contributed by atoms with E-state index < -0.39 is 18.4 Å². The first-order chi connectivity index (χ1) is 14.9. The number of methoxy groups -OCH3 is 2. The number of carboxylic acids is 1. The van der Waals surface area contributed by atoms with Gasteiger partial charge in [-0.15, -0.1) is 0 Å². The summed E-state index contributed by atoms with van der Waals surface area (Å²) in [6.07, 6.45) is 3.83. The highest BCUT2D eigenvalue weighted by Crippen LogP contribution is 2.42. The van der Waals surface area contributed by atoms with Gasteiger partial charge in [-0.2, -0.15) is 0 Å². The highest BCUT2D eigenvalue weighted by molar-refractivity contribution is 5.87. The third kappa shape index (κ3) is 5.55. The molecule has 8 nitrogen and oxygen atoms in total. The van der Waals surface area contributed by atoms with Crippen molar-refractivity contribution in [2.24, 2.45) is 5.73 Å². The number of fused-ring (bicyclic) bond motifs is 1. The van der Waals surface area contributed by atoms with Crippen molar-refractivity contribution in [3.05, 3.63) is 47.0 Å². The minimum Gasteiger partial charge on any atom is -0.550 e. The van der Waals surface area contributed by atoms with Gasteiger partial charge in [0.05, 0.1) is 20.3 Å². The Hall–Kier alpha value is -3.52. The second-order valence-electron chi connectivity index (χ2n) is 7.01. The molecule has 2 aromatic rings. The number of ketones is 1. The van der Waals surface area contributed by atoms with E-state index in [0.717, 1.165) is 16.7 Å². The molecule has 31 heavy (non-hydrogen) atoms. The molecule has 1 aliphatic rings. The molecule has 8 heteroatoms. The standard InChI is InChI=1S/C23H25NO7/c1-28-19-8-5-14(9-16(19)6-7-18(25)17(24)12-22(26)27)3-4-15-10-20(29-2)23-21(11-15)30-13-31-23/h3-5,8-11,17H,6-7,12-13,24H2,1-2H3,(H,26,27)/p-1/b4-3-/t17-/m0/s1. The van der Waals surface area contributed by atoms with Crippen molar-refractivity contribution in [3.8, 4) is 23.0 Å². The van der Waals surface area contributed by atoms with Crippen LogP contribution in [-0.4, -0.2) is 38.8 Å². The van der Waals surface area contributed by atoms with Crippen LogP contribution in [0.1, 0.15) is 29.5 Å². The Morgan fingerprint density at radius 2 is 1.84 bits per heavy atom. The van der Waals surface area contributed by atoms with Crippen LogP contribution in [0.5, 0.6) is 23.0 Å². The average molecular weight is 426 g/mol. The fourth-order valence-corrected chi connectivity index (χ4v) is 3.27. The summed E-state index contributed by atoms with van der Waals surface area (Å²) >= 11 is 0. The first-order valence-electron chi connectivity index (χ1n) is 9.72. The molecule has 0 aliphatic carbocycles. The number of nitrogens with two attached hydrogens (primary N) is 1. The summed E-state index contributed by atoms with van der Waals surface area (Å²) in [4.78, 5) is 22.7. The summed E-state index contributed by atoms with van der Waals surface area (Å²) in [6.45, 7) is 0.159. The van der Waals surface area contributed by atoms with Gasteiger partial charge < -0.3 is 34.6 Å². The van der Waals surface area contributed by atoms with E-state index in [0.29, 0.717) is 29.4 Å². The minimum absolute atomic E-state index is 0.108. The number of aliphatic carboxylic acids is 1. The van der Waals surface area contributed by atoms with E-state index in [9.17, 15) is 14.7 Å². The van der Waals surface area contributed by atoms with Crippen LogP contribution in [0.4, 0.5) is 0 Å². The van der Waals surface area contributed by atoms with Gasteiger partial charge in [-0.25, -0.2) is 0 Å². The number of carboxylic acid groups (broad SMARTS) is 1. The van der Waals surface area contributed by atoms with Crippen molar-refractivity contribution in [2.45, 2.75) is 25.3 Å². The maximum absolute atomic E-state index is 12.1. The first-order valence-corrected chi connectivity index (χ1v) is 9.72. The zero-order valence-corrected chi connectivity index (χ0v) is 17.4. The van der Waals surface area contributed by atoms with E-state index in [1.54, 1.807) is 14.2 Å². The predicted octanol–water partition coefficient (Wildman–Crippen LogP) is 1.57. The Labute approximate surface area is 180 Å². The van der Waals surface area contributed by atoms with Gasteiger partial charge in [-0.05, 0) is 47.4 Å². The Morgan fingerprint density at radius 1 is 1.10 bits per heavy atom. The summed E-state index contributed by atoms with van der Waals surface area (Å²) in [7, 11) is 3.12. The summed E-state index contributed by atoms with van der Waals surface area (Å²) in [5, 5.41) is 10.6. The lowest BCUT2D eigenvalue weighted by molar-refractivity contribution is -0.305. The van der Waals surface area contributed by atoms with Gasteiger partial charge in [-0.3, -0.25) is 4.79 Å². The molecule has 0 radical (unpaired) electrons. The summed E-state index contributed by atoms with van der Waals surface area (Å²) in [5.41, 5.74) is 8.21. The summed E-state index contributed by atoms with van der Waals surface area (Å²) in [6, 6.07) is 8.28. The van der Waals surface area contributed by atoms with E-state index >= 15 is 0 Å². The molecule has 1 atom stereocenters. The molecule has 0 spiro atoms. The summed E-state index contributed by atoms with van der Waals surface area (Å²) in [5.74, 6) is 0.777. The molecule has 2 aromatic carbocycles. The molecule has 0 unspecified atom stereocenters. The van der Waals surface area contributed by atoms with Crippen LogP contribution in [-0.2, 0) is 16.0 Å². The number of carbonyl (C=O) groups is 2. The van der Waals surface area contributed by atoms with Gasteiger partial charge in [-0.1, -0.05) is 18.2 Å². The van der Waals surface area contributed by atoms with E-state index in [1.165, 1.54) is 0 Å². The highest BCUT2D eigenvalue weighted by Gasteiger charge is 2.19. The number of ether oxygens (including phenoxy) is 4. The van der Waals surface area contributed by atoms with Crippen molar-refractivity contribution in [3.63, 3.8) is 0 Å². The Morgan fingerprint density at radius 3 is 2.55 bits per heavy atom. The number of carbonyl (C=O) groups excluding carboxylic acids is 2. The van der Waals surface area contributed by atoms with Crippen LogP contribution in [0.3, 0.4) is 0 Å². The first kappa shape index (κ1) is 22.2. The topological polar surface area (TPSA) is 120 Å². The number of hydrogen-bond acceptors (Lipinski definition) is 8. The van der Waals surface area contributed by atoms with Gasteiger partial charge in [0.2, 0.25) is 12.5 Å². The SMILES string of the molecule is COc1ccc(/C=C\c2cc(OC)c3c(c2)OCO3)cc1CCC(=O)[C@@H](N)CC(=O)[O-]. The van der Waals surface area contributed by atoms with Crippen LogP contribution in [0.15, 0.2) is 30.3 Å². The molecule has 164 valence electrons. The Balaban J connectivity index is 1.74. The fourth-order valence-electron chi connectivity index (χ4n) is 3.27. The van der Waals surface area contributed by atoms with Crippen LogP contribution < -0.4 is 29.8 Å². The lowest BCUT2D eigenvalue weighted by Crippen LogP contribution is -2.37. The number of benzene rings is 2. The quantitative estimate of drug-likeness (QED) is 0.569. The van der Waals surface area contributed by atoms with E-state index in [4.69, 9.17) is 24.7 Å². The number of hydrogen-bond donors (Lipinski definition) is 1. The normalized spacial score (nSPS) is 13.3. The Kier molecular flexibility index (Phi) is 7.15. The lowest BCUT2D eigenvalue weighted by atomic mass is 9.99. The smallest absolute Gasteiger partial charge is 0.231 e. The molecule has 0 amide bonds. The van der Waals surface area contributed by atoms with Gasteiger partial charge in [0.25, 0.3) is 0 Å². The van der Waals surface area contributed by atoms with Gasteiger partial charge in [0.15, 0.2) is 11.5 Å². The van der Waals surface area contributed by atoms with Crippen LogP contribution >= 0.6 is 0 Å². The number of aryl methyl sites for hydroxylation is 1. The third-order valence-electron chi connectivity index (χ3n) is 4.89. The zero-order chi connectivity index (χ0) is 22.4. The number of rotatable bonds is 10. The van der Waals surface area contributed by atoms with Gasteiger partial charge in [0, 0.05) is 18.8 Å². The van der Waals surface area contributed by atoms with E-state index in [2.05, 4.69) is 0 Å². The van der Waals surface area contributed by atoms with Crippen LogP contribution in [0.25, 0.3) is 12.2 Å².